The van der Waals surface area contributed by atoms with Gasteiger partial charge >= 0.3 is 0 Å². The van der Waals surface area contributed by atoms with E-state index < -0.39 is 10.0 Å². The molecule has 0 aromatic heterocycles. The van der Waals surface area contributed by atoms with Gasteiger partial charge in [0.1, 0.15) is 0 Å². The normalized spacial score (nSPS) is 34.6. The summed E-state index contributed by atoms with van der Waals surface area (Å²) in [6, 6.07) is 0. The Morgan fingerprint density at radius 1 is 1.33 bits per heavy atom. The zero-order valence-corrected chi connectivity index (χ0v) is 13.7. The highest BCUT2D eigenvalue weighted by atomic mass is 32.2. The molecule has 0 N–H and O–H groups in total. The lowest BCUT2D eigenvalue weighted by molar-refractivity contribution is -0.143. The van der Waals surface area contributed by atoms with Gasteiger partial charge in [-0.2, -0.15) is 0 Å². The molecule has 0 aromatic carbocycles. The molecule has 0 aromatic rings. The Morgan fingerprint density at radius 2 is 2.14 bits per heavy atom. The summed E-state index contributed by atoms with van der Waals surface area (Å²) in [4.78, 5) is 0. The van der Waals surface area contributed by atoms with Crippen LogP contribution in [-0.4, -0.2) is 57.5 Å². The van der Waals surface area contributed by atoms with Crippen molar-refractivity contribution >= 4 is 10.0 Å². The molecule has 6 heteroatoms. The van der Waals surface area contributed by atoms with E-state index >= 15 is 0 Å². The van der Waals surface area contributed by atoms with Crippen molar-refractivity contribution in [1.29, 1.82) is 0 Å². The Morgan fingerprint density at radius 3 is 2.86 bits per heavy atom. The lowest BCUT2D eigenvalue weighted by atomic mass is 9.73. The van der Waals surface area contributed by atoms with Gasteiger partial charge in [-0.1, -0.05) is 0 Å². The first-order valence-corrected chi connectivity index (χ1v) is 9.84. The largest absolute Gasteiger partial charge is 0.380 e. The summed E-state index contributed by atoms with van der Waals surface area (Å²) in [6.07, 6.45) is 5.54. The molecule has 122 valence electrons. The van der Waals surface area contributed by atoms with Crippen LogP contribution >= 0.6 is 0 Å². The molecule has 2 heterocycles. The van der Waals surface area contributed by atoms with Crippen LogP contribution in [0.3, 0.4) is 0 Å². The number of piperidine rings is 1. The number of sulfonamides is 1. The highest BCUT2D eigenvalue weighted by molar-refractivity contribution is 7.89. The number of nitrogens with zero attached hydrogens (tertiary/aromatic N) is 1. The first-order chi connectivity index (χ1) is 10.1. The second kappa shape index (κ2) is 6.14. The van der Waals surface area contributed by atoms with Crippen LogP contribution in [0.25, 0.3) is 0 Å². The summed E-state index contributed by atoms with van der Waals surface area (Å²) in [5, 5.41) is 0. The summed E-state index contributed by atoms with van der Waals surface area (Å²) in [5.41, 5.74) is -0.131. The number of ether oxygens (including phenoxy) is 2. The molecule has 3 aliphatic rings. The van der Waals surface area contributed by atoms with Crippen molar-refractivity contribution in [3.63, 3.8) is 0 Å². The highest BCUT2D eigenvalue weighted by Gasteiger charge is 2.48. The monoisotopic (exact) mass is 317 g/mol. The topological polar surface area (TPSA) is 55.8 Å². The summed E-state index contributed by atoms with van der Waals surface area (Å²) < 4.78 is 38.0. The van der Waals surface area contributed by atoms with Gasteiger partial charge in [-0.15, -0.1) is 0 Å². The molecule has 0 radical (unpaired) electrons. The minimum absolute atomic E-state index is 0.131. The van der Waals surface area contributed by atoms with E-state index in [1.165, 1.54) is 12.8 Å². The van der Waals surface area contributed by atoms with E-state index in [-0.39, 0.29) is 17.3 Å². The molecule has 2 saturated heterocycles. The van der Waals surface area contributed by atoms with Gasteiger partial charge in [0.2, 0.25) is 10.0 Å². The van der Waals surface area contributed by atoms with Gasteiger partial charge < -0.3 is 9.47 Å². The molecule has 5 nitrogen and oxygen atoms in total. The molecule has 0 bridgehead atoms. The third-order valence-electron chi connectivity index (χ3n) is 5.15. The van der Waals surface area contributed by atoms with Crippen LogP contribution in [0.5, 0.6) is 0 Å². The molecule has 1 aliphatic carbocycles. The highest BCUT2D eigenvalue weighted by Crippen LogP contribution is 2.41. The van der Waals surface area contributed by atoms with Gasteiger partial charge in [0.05, 0.1) is 18.5 Å². The minimum atomic E-state index is -3.12. The summed E-state index contributed by atoms with van der Waals surface area (Å²) >= 11 is 0. The van der Waals surface area contributed by atoms with Gasteiger partial charge in [0.25, 0.3) is 0 Å². The van der Waals surface area contributed by atoms with Crippen LogP contribution in [-0.2, 0) is 19.5 Å². The molecule has 1 saturated carbocycles. The molecule has 0 unspecified atom stereocenters. The second-order valence-electron chi connectivity index (χ2n) is 6.81. The van der Waals surface area contributed by atoms with Crippen LogP contribution in [0, 0.1) is 11.3 Å². The maximum atomic E-state index is 12.2. The maximum Gasteiger partial charge on any atom is 0.213 e. The SMILES string of the molecule is CCS(=O)(=O)N1CC[C@@H]2OCCC[C@]2(COCC2CC2)C1. The van der Waals surface area contributed by atoms with E-state index in [0.717, 1.165) is 38.4 Å². The summed E-state index contributed by atoms with van der Waals surface area (Å²) in [5.74, 6) is 0.917. The average Bonchev–Trinajstić information content (AvgIpc) is 3.30. The Labute approximate surface area is 128 Å². The Hall–Kier alpha value is -0.170. The fourth-order valence-electron chi connectivity index (χ4n) is 3.59. The molecule has 0 spiro atoms. The van der Waals surface area contributed by atoms with Crippen molar-refractivity contribution in [2.75, 3.05) is 38.7 Å². The Balaban J connectivity index is 1.69. The van der Waals surface area contributed by atoms with E-state index in [4.69, 9.17) is 9.47 Å². The molecule has 0 amide bonds. The quantitative estimate of drug-likeness (QED) is 0.747. The van der Waals surface area contributed by atoms with Crippen molar-refractivity contribution < 1.29 is 17.9 Å². The third kappa shape index (κ3) is 3.44. The standard InChI is InChI=1S/C15H27NO4S/c1-2-21(17,18)16-8-6-14-15(11-16,7-3-9-20-14)12-19-10-13-4-5-13/h13-14H,2-12H2,1H3/t14-,15+/m0/s1. The van der Waals surface area contributed by atoms with Crippen molar-refractivity contribution in [3.8, 4) is 0 Å². The van der Waals surface area contributed by atoms with Crippen LogP contribution in [0.1, 0.15) is 39.0 Å². The van der Waals surface area contributed by atoms with Gasteiger partial charge in [0.15, 0.2) is 0 Å². The molecule has 2 atom stereocenters. The lowest BCUT2D eigenvalue weighted by Gasteiger charge is -2.49. The summed E-state index contributed by atoms with van der Waals surface area (Å²) in [6.45, 7) is 5.15. The first kappa shape index (κ1) is 15.7. The van der Waals surface area contributed by atoms with Gasteiger partial charge in [0, 0.05) is 31.7 Å². The molecule has 3 fully saturated rings. The smallest absolute Gasteiger partial charge is 0.213 e. The van der Waals surface area contributed by atoms with Crippen LogP contribution in [0.15, 0.2) is 0 Å². The third-order valence-corrected chi connectivity index (χ3v) is 6.98. The van der Waals surface area contributed by atoms with Gasteiger partial charge in [-0.25, -0.2) is 12.7 Å². The molecular formula is C15H27NO4S. The predicted octanol–water partition coefficient (Wildman–Crippen LogP) is 1.63. The predicted molar refractivity (Wildman–Crippen MR) is 80.6 cm³/mol. The maximum absolute atomic E-state index is 12.2. The van der Waals surface area contributed by atoms with Gasteiger partial charge in [-0.05, 0) is 44.9 Å². The van der Waals surface area contributed by atoms with E-state index in [9.17, 15) is 8.42 Å². The number of rotatable bonds is 6. The second-order valence-corrected chi connectivity index (χ2v) is 9.06. The van der Waals surface area contributed by atoms with Crippen LogP contribution < -0.4 is 0 Å². The fourth-order valence-corrected chi connectivity index (χ4v) is 4.80. The van der Waals surface area contributed by atoms with E-state index in [2.05, 4.69) is 0 Å². The minimum Gasteiger partial charge on any atom is -0.380 e. The number of fused-ring (bicyclic) bond motifs is 1. The summed E-state index contributed by atoms with van der Waals surface area (Å²) in [7, 11) is -3.12. The van der Waals surface area contributed by atoms with E-state index in [0.29, 0.717) is 19.7 Å². The van der Waals surface area contributed by atoms with Crippen molar-refractivity contribution in [2.45, 2.75) is 45.1 Å². The molecule has 3 rings (SSSR count). The number of hydrogen-bond acceptors (Lipinski definition) is 4. The molecule has 2 aliphatic heterocycles. The van der Waals surface area contributed by atoms with Crippen LogP contribution in [0.4, 0.5) is 0 Å². The zero-order chi connectivity index (χ0) is 14.9. The van der Waals surface area contributed by atoms with Crippen LogP contribution in [0.2, 0.25) is 0 Å². The lowest BCUT2D eigenvalue weighted by Crippen LogP contribution is -2.58. The number of hydrogen-bond donors (Lipinski definition) is 0. The fraction of sp³-hybridized carbons (Fsp3) is 1.00. The van der Waals surface area contributed by atoms with E-state index in [1.54, 1.807) is 11.2 Å². The zero-order valence-electron chi connectivity index (χ0n) is 12.9. The Bertz CT molecular complexity index is 462. The average molecular weight is 317 g/mol. The van der Waals surface area contributed by atoms with Crippen molar-refractivity contribution in [2.24, 2.45) is 11.3 Å². The molecule has 21 heavy (non-hydrogen) atoms. The van der Waals surface area contributed by atoms with Gasteiger partial charge in [-0.3, -0.25) is 0 Å². The first-order valence-electron chi connectivity index (χ1n) is 8.23. The van der Waals surface area contributed by atoms with E-state index in [1.807, 2.05) is 0 Å². The Kier molecular flexibility index (Phi) is 4.60. The van der Waals surface area contributed by atoms with Crippen molar-refractivity contribution in [1.82, 2.24) is 4.31 Å². The van der Waals surface area contributed by atoms with Crippen molar-refractivity contribution in [3.05, 3.63) is 0 Å². The molecular weight excluding hydrogens is 290 g/mol.